The molecule has 2 heterocycles. The highest BCUT2D eigenvalue weighted by Crippen LogP contribution is 2.21. The number of rotatable bonds is 6. The van der Waals surface area contributed by atoms with E-state index in [2.05, 4.69) is 4.98 Å². The first-order valence-electron chi connectivity index (χ1n) is 9.69. The molecule has 0 saturated carbocycles. The first kappa shape index (κ1) is 21.2. The summed E-state index contributed by atoms with van der Waals surface area (Å²) >= 11 is 0. The molecule has 0 aliphatic carbocycles. The van der Waals surface area contributed by atoms with Crippen LogP contribution in [0.2, 0.25) is 0 Å². The van der Waals surface area contributed by atoms with E-state index in [1.165, 1.54) is 0 Å². The smallest absolute Gasteiger partial charge is 0.339 e. The molecule has 0 bridgehead atoms. The van der Waals surface area contributed by atoms with Crippen molar-refractivity contribution in [2.75, 3.05) is 24.7 Å². The first-order chi connectivity index (χ1) is 13.7. The zero-order chi connectivity index (χ0) is 21.2. The molecule has 1 saturated heterocycles. The molecule has 8 heteroatoms. The molecule has 0 N–H and O–H groups in total. The number of aromatic nitrogens is 1. The molecule has 0 radical (unpaired) electrons. The Bertz CT molecular complexity index is 1030. The first-order valence-corrected chi connectivity index (χ1v) is 11.5. The highest BCUT2D eigenvalue weighted by molar-refractivity contribution is 7.91. The van der Waals surface area contributed by atoms with Crippen molar-refractivity contribution in [3.05, 3.63) is 41.6 Å². The number of aryl methyl sites for hydroxylation is 1. The van der Waals surface area contributed by atoms with Gasteiger partial charge in [0.05, 0.1) is 22.6 Å². The molecule has 3 rings (SSSR count). The van der Waals surface area contributed by atoms with Gasteiger partial charge < -0.3 is 9.64 Å². The summed E-state index contributed by atoms with van der Waals surface area (Å²) in [5.41, 5.74) is 1.72. The lowest BCUT2D eigenvalue weighted by molar-refractivity contribution is -0.137. The zero-order valence-electron chi connectivity index (χ0n) is 16.9. The van der Waals surface area contributed by atoms with Crippen molar-refractivity contribution in [1.29, 1.82) is 0 Å². The lowest BCUT2D eigenvalue weighted by Gasteiger charge is -2.29. The predicted octanol–water partition coefficient (Wildman–Crippen LogP) is 2.37. The van der Waals surface area contributed by atoms with Crippen LogP contribution in [0.5, 0.6) is 0 Å². The second kappa shape index (κ2) is 8.49. The maximum Gasteiger partial charge on any atom is 0.339 e. The summed E-state index contributed by atoms with van der Waals surface area (Å²) in [7, 11) is -3.12. The molecule has 29 heavy (non-hydrogen) atoms. The van der Waals surface area contributed by atoms with Gasteiger partial charge in [-0.25, -0.2) is 13.2 Å². The van der Waals surface area contributed by atoms with Gasteiger partial charge >= 0.3 is 5.97 Å². The highest BCUT2D eigenvalue weighted by Gasteiger charge is 2.35. The number of hydrogen-bond acceptors (Lipinski definition) is 6. The van der Waals surface area contributed by atoms with Crippen LogP contribution in [0.15, 0.2) is 30.3 Å². The summed E-state index contributed by atoms with van der Waals surface area (Å²) in [4.78, 5) is 31.4. The van der Waals surface area contributed by atoms with Crippen LogP contribution < -0.4 is 0 Å². The third kappa shape index (κ3) is 5.12. The summed E-state index contributed by atoms with van der Waals surface area (Å²) < 4.78 is 29.0. The Hall–Kier alpha value is -2.48. The molecule has 1 aromatic heterocycles. The molecule has 1 aromatic carbocycles. The van der Waals surface area contributed by atoms with Gasteiger partial charge in [-0.05, 0) is 31.4 Å². The molecular formula is C21H26N2O5S. The molecule has 1 fully saturated rings. The number of carbonyl (C=O) groups is 2. The number of benzene rings is 1. The van der Waals surface area contributed by atoms with Gasteiger partial charge in [-0.3, -0.25) is 9.78 Å². The minimum absolute atomic E-state index is 0.0341. The molecule has 1 atom stereocenters. The quantitative estimate of drug-likeness (QED) is 0.669. The Morgan fingerprint density at radius 2 is 2.00 bits per heavy atom. The Morgan fingerprint density at radius 1 is 1.28 bits per heavy atom. The number of ether oxygens (including phenoxy) is 1. The van der Waals surface area contributed by atoms with Crippen molar-refractivity contribution in [3.8, 4) is 0 Å². The predicted molar refractivity (Wildman–Crippen MR) is 110 cm³/mol. The number of carbonyl (C=O) groups excluding carboxylic acids is 2. The van der Waals surface area contributed by atoms with Crippen LogP contribution in [0.4, 0.5) is 0 Å². The average Bonchev–Trinajstić information content (AvgIpc) is 3.02. The van der Waals surface area contributed by atoms with Crippen LogP contribution >= 0.6 is 0 Å². The standard InChI is InChI=1S/C21H26N2O5S/c1-14(2)11-23(16-8-9-29(26,27)13-16)20(24)12-28-21(25)18-10-15(3)22-19-7-5-4-6-17(18)19/h4-7,10,14,16H,8-9,11-13H2,1-3H3/t16-/m0/s1. The van der Waals surface area contributed by atoms with Gasteiger partial charge in [0.15, 0.2) is 16.4 Å². The monoisotopic (exact) mass is 418 g/mol. The number of para-hydroxylation sites is 1. The summed E-state index contributed by atoms with van der Waals surface area (Å²) in [6.45, 7) is 5.72. The molecule has 156 valence electrons. The van der Waals surface area contributed by atoms with E-state index in [4.69, 9.17) is 4.74 Å². The minimum Gasteiger partial charge on any atom is -0.452 e. The Balaban J connectivity index is 1.74. The Kier molecular flexibility index (Phi) is 6.21. The third-order valence-electron chi connectivity index (χ3n) is 4.92. The van der Waals surface area contributed by atoms with Gasteiger partial charge in [0, 0.05) is 23.7 Å². The molecule has 2 aromatic rings. The maximum atomic E-state index is 12.8. The summed E-state index contributed by atoms with van der Waals surface area (Å²) in [5.74, 6) is -0.743. The fraction of sp³-hybridized carbons (Fsp3) is 0.476. The zero-order valence-corrected chi connectivity index (χ0v) is 17.7. The van der Waals surface area contributed by atoms with E-state index in [0.29, 0.717) is 35.1 Å². The van der Waals surface area contributed by atoms with Crippen molar-refractivity contribution in [1.82, 2.24) is 9.88 Å². The van der Waals surface area contributed by atoms with E-state index >= 15 is 0 Å². The van der Waals surface area contributed by atoms with Gasteiger partial charge in [0.25, 0.3) is 5.91 Å². The number of nitrogens with zero attached hydrogens (tertiary/aromatic N) is 2. The summed E-state index contributed by atoms with van der Waals surface area (Å²) in [5, 5.41) is 0.663. The Labute approximate surface area is 171 Å². The second-order valence-corrected chi connectivity index (χ2v) is 10.1. The molecule has 0 spiro atoms. The minimum atomic E-state index is -3.12. The van der Waals surface area contributed by atoms with Gasteiger partial charge in [-0.1, -0.05) is 32.0 Å². The van der Waals surface area contributed by atoms with Crippen molar-refractivity contribution < 1.29 is 22.7 Å². The maximum absolute atomic E-state index is 12.8. The lowest BCUT2D eigenvalue weighted by atomic mass is 10.1. The molecule has 1 aliphatic heterocycles. The SMILES string of the molecule is Cc1cc(C(=O)OCC(=O)N(CC(C)C)[C@H]2CCS(=O)(=O)C2)c2ccccc2n1. The lowest BCUT2D eigenvalue weighted by Crippen LogP contribution is -2.45. The van der Waals surface area contributed by atoms with Crippen LogP contribution in [0.25, 0.3) is 10.9 Å². The Morgan fingerprint density at radius 3 is 2.66 bits per heavy atom. The number of esters is 1. The van der Waals surface area contributed by atoms with Crippen LogP contribution in [-0.2, 0) is 19.4 Å². The largest absolute Gasteiger partial charge is 0.452 e. The van der Waals surface area contributed by atoms with E-state index in [-0.39, 0.29) is 29.4 Å². The molecule has 1 aliphatic rings. The van der Waals surface area contributed by atoms with E-state index in [1.54, 1.807) is 24.0 Å². The van der Waals surface area contributed by atoms with Gasteiger partial charge in [-0.2, -0.15) is 0 Å². The number of pyridine rings is 1. The van der Waals surface area contributed by atoms with Crippen molar-refractivity contribution in [3.63, 3.8) is 0 Å². The van der Waals surface area contributed by atoms with E-state index in [0.717, 1.165) is 0 Å². The molecule has 7 nitrogen and oxygen atoms in total. The van der Waals surface area contributed by atoms with Crippen LogP contribution in [0.1, 0.15) is 36.3 Å². The fourth-order valence-electron chi connectivity index (χ4n) is 3.63. The molecular weight excluding hydrogens is 392 g/mol. The van der Waals surface area contributed by atoms with Crippen LogP contribution in [0, 0.1) is 12.8 Å². The second-order valence-electron chi connectivity index (χ2n) is 7.90. The van der Waals surface area contributed by atoms with Crippen molar-refractivity contribution >= 4 is 32.6 Å². The average molecular weight is 419 g/mol. The van der Waals surface area contributed by atoms with Gasteiger partial charge in [0.1, 0.15) is 0 Å². The number of amides is 1. The van der Waals surface area contributed by atoms with E-state index in [1.807, 2.05) is 32.0 Å². The van der Waals surface area contributed by atoms with Crippen molar-refractivity contribution in [2.45, 2.75) is 33.2 Å². The summed E-state index contributed by atoms with van der Waals surface area (Å²) in [6, 6.07) is 8.53. The third-order valence-corrected chi connectivity index (χ3v) is 6.67. The normalized spacial score (nSPS) is 18.1. The molecule has 0 unspecified atom stereocenters. The number of fused-ring (bicyclic) bond motifs is 1. The topological polar surface area (TPSA) is 93.6 Å². The van der Waals surface area contributed by atoms with E-state index in [9.17, 15) is 18.0 Å². The van der Waals surface area contributed by atoms with Crippen molar-refractivity contribution in [2.24, 2.45) is 5.92 Å². The highest BCUT2D eigenvalue weighted by atomic mass is 32.2. The number of hydrogen-bond donors (Lipinski definition) is 0. The summed E-state index contributed by atoms with van der Waals surface area (Å²) in [6.07, 6.45) is 0.420. The number of sulfone groups is 1. The van der Waals surface area contributed by atoms with Gasteiger partial charge in [0.2, 0.25) is 0 Å². The fourth-order valence-corrected chi connectivity index (χ4v) is 5.36. The van der Waals surface area contributed by atoms with Crippen LogP contribution in [0.3, 0.4) is 0 Å². The van der Waals surface area contributed by atoms with Crippen LogP contribution in [-0.4, -0.2) is 60.9 Å². The molecule has 1 amide bonds. The van der Waals surface area contributed by atoms with E-state index < -0.39 is 22.4 Å². The van der Waals surface area contributed by atoms with Gasteiger partial charge in [-0.15, -0.1) is 0 Å².